The van der Waals surface area contributed by atoms with Crippen molar-refractivity contribution < 1.29 is 24.1 Å². The minimum atomic E-state index is 0.0589. The predicted molar refractivity (Wildman–Crippen MR) is 177 cm³/mol. The summed E-state index contributed by atoms with van der Waals surface area (Å²) in [7, 11) is 3.32. The van der Waals surface area contributed by atoms with Gasteiger partial charge in [0.15, 0.2) is 11.5 Å². The van der Waals surface area contributed by atoms with Crippen LogP contribution in [0.1, 0.15) is 35.3 Å². The molecule has 2 aromatic carbocycles. The molecule has 1 unspecified atom stereocenters. The van der Waals surface area contributed by atoms with Crippen LogP contribution >= 0.6 is 0 Å². The lowest BCUT2D eigenvalue weighted by Gasteiger charge is -2.35. The van der Waals surface area contributed by atoms with Crippen molar-refractivity contribution in [2.45, 2.75) is 26.3 Å². The molecule has 236 valence electrons. The molecule has 44 heavy (non-hydrogen) atoms. The minimum Gasteiger partial charge on any atom is -0.497 e. The quantitative estimate of drug-likeness (QED) is 0.208. The third-order valence-electron chi connectivity index (χ3n) is 7.90. The highest BCUT2D eigenvalue weighted by Crippen LogP contribution is 2.41. The number of aromatic amines is 1. The molecule has 5 rings (SSSR count). The molecule has 2 aliphatic heterocycles. The lowest BCUT2D eigenvalue weighted by molar-refractivity contribution is 0.0321. The Hall–Kier alpha value is -3.98. The molecule has 1 aromatic heterocycles. The zero-order valence-electron chi connectivity index (χ0n) is 26.6. The first-order chi connectivity index (χ1) is 21.5. The van der Waals surface area contributed by atoms with E-state index in [0.717, 1.165) is 68.6 Å². The molecule has 0 bridgehead atoms. The Kier molecular flexibility index (Phi) is 12.5. The maximum absolute atomic E-state index is 8.41. The third-order valence-corrected chi connectivity index (χ3v) is 7.90. The van der Waals surface area contributed by atoms with Crippen molar-refractivity contribution in [2.24, 2.45) is 0 Å². The summed E-state index contributed by atoms with van der Waals surface area (Å²) in [6.07, 6.45) is 11.9. The predicted octanol–water partition coefficient (Wildman–Crippen LogP) is 5.93. The summed E-state index contributed by atoms with van der Waals surface area (Å²) in [5.74, 6) is 2.32. The smallest absolute Gasteiger partial charge is 0.161 e. The van der Waals surface area contributed by atoms with Gasteiger partial charge in [0.05, 0.1) is 40.1 Å². The zero-order valence-corrected chi connectivity index (χ0v) is 26.6. The van der Waals surface area contributed by atoms with Gasteiger partial charge in [-0.15, -0.1) is 0 Å². The van der Waals surface area contributed by atoms with Gasteiger partial charge >= 0.3 is 0 Å². The second kappa shape index (κ2) is 16.8. The zero-order chi connectivity index (χ0) is 31.3. The number of H-pyrrole nitrogens is 1. The van der Waals surface area contributed by atoms with Crippen LogP contribution in [-0.2, 0) is 15.9 Å². The topological polar surface area (TPSA) is 79.4 Å². The maximum Gasteiger partial charge on any atom is 0.161 e. The largest absolute Gasteiger partial charge is 0.497 e. The number of rotatable bonds is 11. The van der Waals surface area contributed by atoms with Crippen molar-refractivity contribution in [1.82, 2.24) is 14.8 Å². The Labute approximate surface area is 261 Å². The fourth-order valence-electron chi connectivity index (χ4n) is 5.64. The summed E-state index contributed by atoms with van der Waals surface area (Å²) >= 11 is 0. The number of allylic oxidation sites excluding steroid dienone is 4. The van der Waals surface area contributed by atoms with Crippen LogP contribution in [-0.4, -0.2) is 86.7 Å². The average molecular weight is 602 g/mol. The van der Waals surface area contributed by atoms with E-state index in [9.17, 15) is 0 Å². The van der Waals surface area contributed by atoms with Gasteiger partial charge in [0.1, 0.15) is 12.4 Å². The van der Waals surface area contributed by atoms with Crippen LogP contribution in [0.5, 0.6) is 11.5 Å². The molecule has 8 heteroatoms. The van der Waals surface area contributed by atoms with E-state index < -0.39 is 0 Å². The first-order valence-electron chi connectivity index (χ1n) is 15.3. The van der Waals surface area contributed by atoms with Crippen LogP contribution in [0.15, 0.2) is 85.3 Å². The van der Waals surface area contributed by atoms with E-state index in [4.69, 9.17) is 24.1 Å². The standard InChI is InChI=1S/C27H33N3O3.C9H14O2/c1-4-30-10-9-21-22-17-19(2)5-7-23(22)28-26(21)27(30)20-6-8-24(25(18-20)31-3)33-16-13-29-11-14-32-15-12-29;1-3-6-9(11-2)7-4-5-8-10/h4-8,17-18,27-28H,1,9-16H2,2-3H3;3-7,10H,8H2,1-2H3/b;5-4?,6-3-,9-7+. The number of fused-ring (bicyclic) bond motifs is 3. The fraction of sp³-hybridized carbons (Fsp3) is 0.389. The van der Waals surface area contributed by atoms with Gasteiger partial charge in [0.2, 0.25) is 0 Å². The SMILES string of the molecule is C/C=C\C(=C/C=CCO)OC.C=CN1CCc2c([nH]c3ccc(C)cc23)C1c1ccc(OCCN2CCOCC2)c(OC)c1. The van der Waals surface area contributed by atoms with E-state index >= 15 is 0 Å². The van der Waals surface area contributed by atoms with Crippen molar-refractivity contribution in [1.29, 1.82) is 0 Å². The van der Waals surface area contributed by atoms with Gasteiger partial charge in [0, 0.05) is 42.8 Å². The number of nitrogens with zero attached hydrogens (tertiary/aromatic N) is 2. The molecular formula is C36H47N3O5. The number of aromatic nitrogens is 1. The normalized spacial score (nSPS) is 17.4. The summed E-state index contributed by atoms with van der Waals surface area (Å²) in [6.45, 7) is 14.2. The highest BCUT2D eigenvalue weighted by Gasteiger charge is 2.30. The van der Waals surface area contributed by atoms with E-state index in [-0.39, 0.29) is 12.6 Å². The van der Waals surface area contributed by atoms with Crippen molar-refractivity contribution in [3.63, 3.8) is 0 Å². The molecule has 3 aromatic rings. The number of hydrogen-bond donors (Lipinski definition) is 2. The third kappa shape index (κ3) is 8.34. The van der Waals surface area contributed by atoms with Crippen LogP contribution in [0.2, 0.25) is 0 Å². The molecule has 0 spiro atoms. The summed E-state index contributed by atoms with van der Waals surface area (Å²) in [5, 5.41) is 9.73. The molecule has 3 heterocycles. The van der Waals surface area contributed by atoms with Crippen LogP contribution in [0.25, 0.3) is 10.9 Å². The van der Waals surface area contributed by atoms with E-state index in [2.05, 4.69) is 58.6 Å². The number of nitrogens with one attached hydrogen (secondary N) is 1. The monoisotopic (exact) mass is 601 g/mol. The highest BCUT2D eigenvalue weighted by atomic mass is 16.5. The first-order valence-corrected chi connectivity index (χ1v) is 15.3. The van der Waals surface area contributed by atoms with Gasteiger partial charge in [-0.1, -0.05) is 42.5 Å². The molecule has 0 radical (unpaired) electrons. The summed E-state index contributed by atoms with van der Waals surface area (Å²) in [4.78, 5) is 8.37. The van der Waals surface area contributed by atoms with Gasteiger partial charge in [-0.25, -0.2) is 0 Å². The molecule has 0 aliphatic carbocycles. The molecule has 0 saturated carbocycles. The Balaban J connectivity index is 0.000000345. The summed E-state index contributed by atoms with van der Waals surface area (Å²) in [6, 6.07) is 13.0. The lowest BCUT2D eigenvalue weighted by atomic mass is 9.92. The van der Waals surface area contributed by atoms with Gasteiger partial charge in [-0.05, 0) is 74.0 Å². The molecule has 8 nitrogen and oxygen atoms in total. The van der Waals surface area contributed by atoms with E-state index in [1.807, 2.05) is 31.3 Å². The van der Waals surface area contributed by atoms with Gasteiger partial charge < -0.3 is 33.9 Å². The number of aliphatic hydroxyl groups is 1. The number of aryl methyl sites for hydroxylation is 1. The van der Waals surface area contributed by atoms with Gasteiger partial charge in [0.25, 0.3) is 0 Å². The highest BCUT2D eigenvalue weighted by molar-refractivity contribution is 5.86. The van der Waals surface area contributed by atoms with Crippen molar-refractivity contribution in [2.75, 3.05) is 66.8 Å². The number of ether oxygens (including phenoxy) is 4. The Morgan fingerprint density at radius 2 is 1.93 bits per heavy atom. The summed E-state index contributed by atoms with van der Waals surface area (Å²) < 4.78 is 22.2. The molecule has 0 amide bonds. The number of aliphatic hydroxyl groups excluding tert-OH is 1. The Morgan fingerprint density at radius 3 is 2.64 bits per heavy atom. The molecule has 2 N–H and O–H groups in total. The Morgan fingerprint density at radius 1 is 1.11 bits per heavy atom. The lowest BCUT2D eigenvalue weighted by Crippen LogP contribution is -2.38. The van der Waals surface area contributed by atoms with Gasteiger partial charge in [-0.3, -0.25) is 4.90 Å². The van der Waals surface area contributed by atoms with Crippen molar-refractivity contribution in [3.8, 4) is 11.5 Å². The number of benzene rings is 2. The maximum atomic E-state index is 8.41. The van der Waals surface area contributed by atoms with E-state index in [1.165, 1.54) is 27.7 Å². The van der Waals surface area contributed by atoms with Crippen LogP contribution in [0, 0.1) is 6.92 Å². The number of hydrogen-bond acceptors (Lipinski definition) is 7. The van der Waals surface area contributed by atoms with Crippen molar-refractivity contribution in [3.05, 3.63) is 108 Å². The van der Waals surface area contributed by atoms with Crippen molar-refractivity contribution >= 4 is 10.9 Å². The van der Waals surface area contributed by atoms with Crippen LogP contribution < -0.4 is 9.47 Å². The number of methoxy groups -OCH3 is 2. The minimum absolute atomic E-state index is 0.0589. The Bertz CT molecular complexity index is 1450. The van der Waals surface area contributed by atoms with Crippen LogP contribution in [0.3, 0.4) is 0 Å². The van der Waals surface area contributed by atoms with E-state index in [0.29, 0.717) is 6.61 Å². The fourth-order valence-corrected chi connectivity index (χ4v) is 5.64. The first kappa shape index (κ1) is 32.9. The number of morpholine rings is 1. The van der Waals surface area contributed by atoms with Gasteiger partial charge in [-0.2, -0.15) is 0 Å². The molecule has 1 atom stereocenters. The molecule has 1 fully saturated rings. The molecular weight excluding hydrogens is 554 g/mol. The second-order valence-electron chi connectivity index (χ2n) is 10.7. The molecule has 2 aliphatic rings. The summed E-state index contributed by atoms with van der Waals surface area (Å²) in [5.41, 5.74) is 6.28. The molecule has 1 saturated heterocycles. The second-order valence-corrected chi connectivity index (χ2v) is 10.7. The average Bonchev–Trinajstić information content (AvgIpc) is 3.42. The van der Waals surface area contributed by atoms with E-state index in [1.54, 1.807) is 32.4 Å². The van der Waals surface area contributed by atoms with Crippen LogP contribution in [0.4, 0.5) is 0 Å².